The van der Waals surface area contributed by atoms with Crippen molar-refractivity contribution in [2.75, 3.05) is 38.4 Å². The van der Waals surface area contributed by atoms with Gasteiger partial charge in [-0.15, -0.1) is 0 Å². The molecule has 0 aliphatic carbocycles. The number of imidazole rings is 1. The molecule has 1 aliphatic heterocycles. The molecule has 15 heteroatoms. The normalized spacial score (nSPS) is 17.8. The fourth-order valence-corrected chi connectivity index (χ4v) is 4.95. The number of ether oxygens (including phenoxy) is 3. The number of fused-ring (bicyclic) bond motifs is 1. The molecule has 0 bridgehead atoms. The molecule has 4 heterocycles. The molecule has 3 aromatic heterocycles. The molecule has 5 rings (SSSR count). The minimum absolute atomic E-state index is 0.102. The molecule has 12 nitrogen and oxygen atoms in total. The summed E-state index contributed by atoms with van der Waals surface area (Å²) in [7, 11) is 2.88. The number of rotatable bonds is 7. The third kappa shape index (κ3) is 5.88. The number of nitrogens with zero attached hydrogens (tertiary/aromatic N) is 5. The molecule has 0 saturated carbocycles. The van der Waals surface area contributed by atoms with Crippen LogP contribution in [0.15, 0.2) is 48.9 Å². The SMILES string of the molecule is COc1cc(C(=O)Nc2cc(C(F)(F)F)ccn2)ccc1-c1nc([C@H]2CN(C(=O)C(C)OC)[C@@H](C)CO2)n2ccnc(N)c12. The summed E-state index contributed by atoms with van der Waals surface area (Å²) in [5.41, 5.74) is 6.78. The van der Waals surface area contributed by atoms with E-state index in [9.17, 15) is 22.8 Å². The van der Waals surface area contributed by atoms with E-state index >= 15 is 0 Å². The van der Waals surface area contributed by atoms with Gasteiger partial charge in [0.25, 0.3) is 11.8 Å². The number of benzene rings is 1. The Hall–Kier alpha value is -4.76. The largest absolute Gasteiger partial charge is 0.496 e. The van der Waals surface area contributed by atoms with Crippen molar-refractivity contribution in [1.82, 2.24) is 24.3 Å². The van der Waals surface area contributed by atoms with Crippen LogP contribution in [0.1, 0.15) is 41.7 Å². The molecule has 3 N–H and O–H groups in total. The maximum absolute atomic E-state index is 13.1. The van der Waals surface area contributed by atoms with Gasteiger partial charge in [-0.25, -0.2) is 15.0 Å². The van der Waals surface area contributed by atoms with E-state index in [-0.39, 0.29) is 48.0 Å². The Balaban J connectivity index is 1.49. The number of aromatic nitrogens is 4. The summed E-state index contributed by atoms with van der Waals surface area (Å²) < 4.78 is 58.0. The minimum atomic E-state index is -4.59. The highest BCUT2D eigenvalue weighted by Gasteiger charge is 2.36. The average Bonchev–Trinajstić information content (AvgIpc) is 3.40. The smallest absolute Gasteiger partial charge is 0.416 e. The topological polar surface area (TPSA) is 146 Å². The average molecular weight is 614 g/mol. The summed E-state index contributed by atoms with van der Waals surface area (Å²) in [5, 5.41) is 2.38. The summed E-state index contributed by atoms with van der Waals surface area (Å²) in [4.78, 5) is 40.5. The Kier molecular flexibility index (Phi) is 8.43. The number of hydrogen-bond acceptors (Lipinski definition) is 9. The number of nitrogens with two attached hydrogens (primary N) is 1. The van der Waals surface area contributed by atoms with Gasteiger partial charge in [-0.1, -0.05) is 0 Å². The number of methoxy groups -OCH3 is 2. The third-order valence-corrected chi connectivity index (χ3v) is 7.36. The van der Waals surface area contributed by atoms with E-state index in [2.05, 4.69) is 15.3 Å². The molecule has 3 atom stereocenters. The van der Waals surface area contributed by atoms with Crippen molar-refractivity contribution in [2.24, 2.45) is 0 Å². The van der Waals surface area contributed by atoms with Crippen LogP contribution in [-0.2, 0) is 20.4 Å². The van der Waals surface area contributed by atoms with Gasteiger partial charge in [-0.2, -0.15) is 13.2 Å². The molecule has 1 aliphatic rings. The second-order valence-corrected chi connectivity index (χ2v) is 10.2. The molecule has 44 heavy (non-hydrogen) atoms. The first-order valence-corrected chi connectivity index (χ1v) is 13.5. The summed E-state index contributed by atoms with van der Waals surface area (Å²) in [6.07, 6.45) is -1.67. The Morgan fingerprint density at radius 3 is 2.64 bits per heavy atom. The van der Waals surface area contributed by atoms with Crippen molar-refractivity contribution < 1.29 is 37.0 Å². The molecule has 1 unspecified atom stereocenters. The first-order valence-electron chi connectivity index (χ1n) is 13.5. The van der Waals surface area contributed by atoms with Gasteiger partial charge < -0.3 is 30.2 Å². The number of pyridine rings is 1. The lowest BCUT2D eigenvalue weighted by atomic mass is 10.1. The Bertz CT molecular complexity index is 1710. The van der Waals surface area contributed by atoms with Crippen molar-refractivity contribution in [3.63, 3.8) is 0 Å². The van der Waals surface area contributed by atoms with Gasteiger partial charge >= 0.3 is 6.18 Å². The number of alkyl halides is 3. The fourth-order valence-electron chi connectivity index (χ4n) is 4.95. The van der Waals surface area contributed by atoms with Crippen LogP contribution in [0.5, 0.6) is 5.75 Å². The van der Waals surface area contributed by atoms with Gasteiger partial charge in [-0.3, -0.25) is 14.0 Å². The number of hydrogen-bond donors (Lipinski definition) is 2. The number of morpholine rings is 1. The third-order valence-electron chi connectivity index (χ3n) is 7.36. The molecular weight excluding hydrogens is 583 g/mol. The summed E-state index contributed by atoms with van der Waals surface area (Å²) in [6.45, 7) is 4.06. The number of nitrogens with one attached hydrogen (secondary N) is 1. The highest BCUT2D eigenvalue weighted by Crippen LogP contribution is 2.38. The zero-order valence-corrected chi connectivity index (χ0v) is 24.3. The Morgan fingerprint density at radius 2 is 1.93 bits per heavy atom. The lowest BCUT2D eigenvalue weighted by Crippen LogP contribution is -2.51. The van der Waals surface area contributed by atoms with E-state index in [1.165, 1.54) is 32.5 Å². The van der Waals surface area contributed by atoms with E-state index in [0.717, 1.165) is 18.3 Å². The van der Waals surface area contributed by atoms with Gasteiger partial charge in [0.15, 0.2) is 0 Å². The zero-order valence-electron chi connectivity index (χ0n) is 24.3. The summed E-state index contributed by atoms with van der Waals surface area (Å²) >= 11 is 0. The maximum atomic E-state index is 13.1. The fraction of sp³-hybridized carbons (Fsp3) is 0.345. The molecule has 1 aromatic carbocycles. The van der Waals surface area contributed by atoms with Crippen molar-refractivity contribution >= 4 is 29.0 Å². The van der Waals surface area contributed by atoms with E-state index < -0.39 is 29.9 Å². The number of halogens is 3. The van der Waals surface area contributed by atoms with Gasteiger partial charge in [0, 0.05) is 36.8 Å². The maximum Gasteiger partial charge on any atom is 0.416 e. The van der Waals surface area contributed by atoms with Crippen LogP contribution in [0.25, 0.3) is 16.8 Å². The Labute approximate surface area is 250 Å². The first-order chi connectivity index (χ1) is 20.9. The monoisotopic (exact) mass is 613 g/mol. The van der Waals surface area contributed by atoms with Crippen molar-refractivity contribution in [1.29, 1.82) is 0 Å². The van der Waals surface area contributed by atoms with Crippen molar-refractivity contribution in [3.05, 3.63) is 65.9 Å². The van der Waals surface area contributed by atoms with Crippen LogP contribution in [0.3, 0.4) is 0 Å². The van der Waals surface area contributed by atoms with Crippen molar-refractivity contribution in [3.8, 4) is 17.0 Å². The first kappa shape index (κ1) is 30.7. The van der Waals surface area contributed by atoms with Crippen LogP contribution in [-0.4, -0.2) is 75.6 Å². The minimum Gasteiger partial charge on any atom is -0.496 e. The van der Waals surface area contributed by atoms with E-state index in [1.54, 1.807) is 28.5 Å². The summed E-state index contributed by atoms with van der Waals surface area (Å²) in [6, 6.07) is 5.87. The van der Waals surface area contributed by atoms with E-state index in [1.807, 2.05) is 6.92 Å². The van der Waals surface area contributed by atoms with Gasteiger partial charge in [-0.05, 0) is 44.2 Å². The predicted molar refractivity (Wildman–Crippen MR) is 153 cm³/mol. The molecule has 0 radical (unpaired) electrons. The van der Waals surface area contributed by atoms with E-state index in [4.69, 9.17) is 24.9 Å². The van der Waals surface area contributed by atoms with Crippen LogP contribution >= 0.6 is 0 Å². The zero-order chi connectivity index (χ0) is 31.8. The quantitative estimate of drug-likeness (QED) is 0.316. The van der Waals surface area contributed by atoms with Crippen LogP contribution in [0.2, 0.25) is 0 Å². The Morgan fingerprint density at radius 1 is 1.16 bits per heavy atom. The van der Waals surface area contributed by atoms with Crippen LogP contribution in [0.4, 0.5) is 24.8 Å². The number of amides is 2. The van der Waals surface area contributed by atoms with Crippen LogP contribution < -0.4 is 15.8 Å². The number of nitrogen functional groups attached to an aromatic ring is 1. The molecule has 4 aromatic rings. The summed E-state index contributed by atoms with van der Waals surface area (Å²) in [5.74, 6) is -0.243. The predicted octanol–water partition coefficient (Wildman–Crippen LogP) is 3.98. The van der Waals surface area contributed by atoms with Gasteiger partial charge in [0.1, 0.15) is 46.6 Å². The second kappa shape index (κ2) is 12.1. The number of anilines is 2. The van der Waals surface area contributed by atoms with Gasteiger partial charge in [0.2, 0.25) is 0 Å². The number of carbonyl (C=O) groups is 2. The molecule has 1 saturated heterocycles. The molecular formula is C29H30F3N7O5. The second-order valence-electron chi connectivity index (χ2n) is 10.2. The molecule has 0 spiro atoms. The standard InChI is InChI=1S/C29H30F3N7O5/c1-15-14-44-21(13-39(15)28(41)16(2)42-3)26-37-23(24-25(33)35-9-10-38(24)26)19-6-5-17(11-20(19)43-4)27(40)36-22-12-18(7-8-34-22)29(30,31)32/h5-12,15-16,21H,13-14H2,1-4H3,(H2,33,35)(H,34,36,40)/t15-,16?,21+/m0/s1. The highest BCUT2D eigenvalue weighted by atomic mass is 19.4. The lowest BCUT2D eigenvalue weighted by Gasteiger charge is -2.38. The lowest BCUT2D eigenvalue weighted by molar-refractivity contribution is -0.154. The van der Waals surface area contributed by atoms with Crippen molar-refractivity contribution in [2.45, 2.75) is 38.3 Å². The molecule has 1 fully saturated rings. The van der Waals surface area contributed by atoms with E-state index in [0.29, 0.717) is 22.6 Å². The highest BCUT2D eigenvalue weighted by molar-refractivity contribution is 6.04. The van der Waals surface area contributed by atoms with Gasteiger partial charge in [0.05, 0.1) is 31.9 Å². The number of carbonyl (C=O) groups excluding carboxylic acids is 2. The molecule has 2 amide bonds. The van der Waals surface area contributed by atoms with Crippen LogP contribution in [0, 0.1) is 0 Å². The molecule has 232 valence electrons.